The molecular weight excluding hydrogens is 327 g/mol. The van der Waals surface area contributed by atoms with Crippen LogP contribution in [0.3, 0.4) is 0 Å². The van der Waals surface area contributed by atoms with Crippen molar-refractivity contribution in [3.63, 3.8) is 0 Å². The van der Waals surface area contributed by atoms with Gasteiger partial charge in [-0.1, -0.05) is 23.2 Å². The molecule has 1 amide bonds. The van der Waals surface area contributed by atoms with E-state index in [4.69, 9.17) is 27.9 Å². The van der Waals surface area contributed by atoms with Gasteiger partial charge < -0.3 is 10.2 Å². The SMILES string of the molecule is C[C@@H](Oc1ccc(Cl)cc1Cl)C(=O)NNC1=CC(=O)CCC1. The summed E-state index contributed by atoms with van der Waals surface area (Å²) in [5.41, 5.74) is 5.96. The molecule has 0 bridgehead atoms. The van der Waals surface area contributed by atoms with Crippen molar-refractivity contribution in [1.29, 1.82) is 0 Å². The number of rotatable bonds is 5. The topological polar surface area (TPSA) is 67.4 Å². The van der Waals surface area contributed by atoms with Crippen molar-refractivity contribution >= 4 is 34.9 Å². The van der Waals surface area contributed by atoms with Gasteiger partial charge in [0.2, 0.25) is 0 Å². The first-order chi connectivity index (χ1) is 10.5. The summed E-state index contributed by atoms with van der Waals surface area (Å²) in [4.78, 5) is 23.2. The van der Waals surface area contributed by atoms with Crippen LogP contribution in [0, 0.1) is 0 Å². The second-order valence-corrected chi connectivity index (χ2v) is 5.78. The van der Waals surface area contributed by atoms with Gasteiger partial charge >= 0.3 is 0 Å². The number of hydrogen-bond acceptors (Lipinski definition) is 4. The molecule has 1 aromatic carbocycles. The molecule has 22 heavy (non-hydrogen) atoms. The van der Waals surface area contributed by atoms with Crippen molar-refractivity contribution in [1.82, 2.24) is 10.9 Å². The maximum atomic E-state index is 12.0. The van der Waals surface area contributed by atoms with Crippen molar-refractivity contribution in [2.75, 3.05) is 0 Å². The van der Waals surface area contributed by atoms with Crippen molar-refractivity contribution in [3.05, 3.63) is 40.0 Å². The summed E-state index contributed by atoms with van der Waals surface area (Å²) in [5.74, 6) is 0.0611. The van der Waals surface area contributed by atoms with Crippen molar-refractivity contribution in [2.45, 2.75) is 32.3 Å². The van der Waals surface area contributed by atoms with Gasteiger partial charge in [0, 0.05) is 23.2 Å². The summed E-state index contributed by atoms with van der Waals surface area (Å²) in [6.07, 6.45) is 2.80. The second kappa shape index (κ2) is 7.51. The first-order valence-electron chi connectivity index (χ1n) is 6.86. The van der Waals surface area contributed by atoms with E-state index in [9.17, 15) is 9.59 Å². The fourth-order valence-electron chi connectivity index (χ4n) is 1.95. The quantitative estimate of drug-likeness (QED) is 0.807. The average Bonchev–Trinajstić information content (AvgIpc) is 2.47. The van der Waals surface area contributed by atoms with Gasteiger partial charge in [-0.25, -0.2) is 0 Å². The highest BCUT2D eigenvalue weighted by atomic mass is 35.5. The summed E-state index contributed by atoms with van der Waals surface area (Å²) in [5, 5.41) is 0.825. The van der Waals surface area contributed by atoms with Gasteiger partial charge in [0.15, 0.2) is 11.9 Å². The molecule has 1 aromatic rings. The van der Waals surface area contributed by atoms with Gasteiger partial charge in [0.1, 0.15) is 5.75 Å². The number of ether oxygens (including phenoxy) is 1. The van der Waals surface area contributed by atoms with E-state index in [0.29, 0.717) is 27.9 Å². The Hall–Kier alpha value is -1.72. The highest BCUT2D eigenvalue weighted by Gasteiger charge is 2.17. The van der Waals surface area contributed by atoms with Crippen LogP contribution in [0.15, 0.2) is 30.0 Å². The van der Waals surface area contributed by atoms with E-state index in [-0.39, 0.29) is 11.7 Å². The minimum Gasteiger partial charge on any atom is -0.479 e. The molecule has 0 unspecified atom stereocenters. The molecule has 0 heterocycles. The summed E-state index contributed by atoms with van der Waals surface area (Å²) in [7, 11) is 0. The van der Waals surface area contributed by atoms with Gasteiger partial charge in [0.05, 0.1) is 5.02 Å². The zero-order valence-corrected chi connectivity index (χ0v) is 13.5. The van der Waals surface area contributed by atoms with Crippen LogP contribution in [-0.4, -0.2) is 17.8 Å². The number of ketones is 1. The molecule has 0 saturated heterocycles. The average molecular weight is 343 g/mol. The van der Waals surface area contributed by atoms with Crippen LogP contribution in [-0.2, 0) is 9.59 Å². The Morgan fingerprint density at radius 3 is 2.77 bits per heavy atom. The van der Waals surface area contributed by atoms with Gasteiger partial charge in [-0.2, -0.15) is 0 Å². The number of amides is 1. The molecule has 0 radical (unpaired) electrons. The lowest BCUT2D eigenvalue weighted by atomic mass is 10.0. The highest BCUT2D eigenvalue weighted by Crippen LogP contribution is 2.28. The molecule has 2 rings (SSSR count). The highest BCUT2D eigenvalue weighted by molar-refractivity contribution is 6.35. The maximum Gasteiger partial charge on any atom is 0.279 e. The molecule has 118 valence electrons. The Morgan fingerprint density at radius 1 is 1.32 bits per heavy atom. The third kappa shape index (κ3) is 4.64. The molecule has 0 saturated carbocycles. The van der Waals surface area contributed by atoms with E-state index in [1.54, 1.807) is 25.1 Å². The van der Waals surface area contributed by atoms with E-state index in [2.05, 4.69) is 10.9 Å². The standard InChI is InChI=1S/C15H16Cl2N2O3/c1-9(22-14-6-5-10(16)7-13(14)17)15(21)19-18-11-3-2-4-12(20)8-11/h5-9,18H,2-4H2,1H3,(H,19,21)/t9-/m1/s1. The fraction of sp³-hybridized carbons (Fsp3) is 0.333. The summed E-state index contributed by atoms with van der Waals surface area (Å²) < 4.78 is 5.49. The van der Waals surface area contributed by atoms with E-state index in [0.717, 1.165) is 12.8 Å². The summed E-state index contributed by atoms with van der Waals surface area (Å²) >= 11 is 11.8. The van der Waals surface area contributed by atoms with Crippen LogP contribution in [0.2, 0.25) is 10.0 Å². The maximum absolute atomic E-state index is 12.0. The Labute approximate surface area is 138 Å². The number of carbonyl (C=O) groups is 2. The molecule has 1 aliphatic carbocycles. The molecule has 0 aliphatic heterocycles. The number of nitrogens with one attached hydrogen (secondary N) is 2. The number of halogens is 2. The minimum absolute atomic E-state index is 0.0558. The van der Waals surface area contributed by atoms with Crippen LogP contribution in [0.25, 0.3) is 0 Å². The van der Waals surface area contributed by atoms with E-state index < -0.39 is 6.10 Å². The summed E-state index contributed by atoms with van der Waals surface area (Å²) in [6.45, 7) is 1.60. The predicted octanol–water partition coefficient (Wildman–Crippen LogP) is 3.02. The number of allylic oxidation sites excluding steroid dienone is 2. The van der Waals surface area contributed by atoms with Crippen LogP contribution >= 0.6 is 23.2 Å². The van der Waals surface area contributed by atoms with Crippen molar-refractivity contribution in [2.24, 2.45) is 0 Å². The minimum atomic E-state index is -0.758. The smallest absolute Gasteiger partial charge is 0.279 e. The molecule has 0 fully saturated rings. The molecule has 1 atom stereocenters. The lowest BCUT2D eigenvalue weighted by Gasteiger charge is -2.19. The van der Waals surface area contributed by atoms with Crippen LogP contribution in [0.5, 0.6) is 5.75 Å². The van der Waals surface area contributed by atoms with Gasteiger partial charge in [-0.3, -0.25) is 15.0 Å². The second-order valence-electron chi connectivity index (χ2n) is 4.94. The van der Waals surface area contributed by atoms with Gasteiger partial charge in [-0.15, -0.1) is 0 Å². The van der Waals surface area contributed by atoms with Crippen molar-refractivity contribution < 1.29 is 14.3 Å². The van der Waals surface area contributed by atoms with Crippen LogP contribution in [0.1, 0.15) is 26.2 Å². The molecule has 0 spiro atoms. The first-order valence-corrected chi connectivity index (χ1v) is 7.62. The molecule has 7 heteroatoms. The normalized spacial score (nSPS) is 15.8. The fourth-order valence-corrected chi connectivity index (χ4v) is 2.40. The molecule has 1 aliphatic rings. The Morgan fingerprint density at radius 2 is 2.09 bits per heavy atom. The van der Waals surface area contributed by atoms with Crippen molar-refractivity contribution in [3.8, 4) is 5.75 Å². The molecular formula is C15H16Cl2N2O3. The summed E-state index contributed by atoms with van der Waals surface area (Å²) in [6, 6.07) is 4.77. The predicted molar refractivity (Wildman–Crippen MR) is 84.8 cm³/mol. The first kappa shape index (κ1) is 16.6. The number of hydrazine groups is 1. The lowest BCUT2D eigenvalue weighted by Crippen LogP contribution is -2.44. The number of carbonyl (C=O) groups excluding carboxylic acids is 2. The van der Waals surface area contributed by atoms with E-state index >= 15 is 0 Å². The lowest BCUT2D eigenvalue weighted by molar-refractivity contribution is -0.128. The molecule has 0 aromatic heterocycles. The number of hydrogen-bond donors (Lipinski definition) is 2. The Kier molecular flexibility index (Phi) is 5.69. The largest absolute Gasteiger partial charge is 0.479 e. The Balaban J connectivity index is 1.88. The zero-order valence-electron chi connectivity index (χ0n) is 12.0. The van der Waals surface area contributed by atoms with Crippen LogP contribution < -0.4 is 15.6 Å². The third-order valence-corrected chi connectivity index (χ3v) is 3.65. The third-order valence-electron chi connectivity index (χ3n) is 3.12. The van der Waals surface area contributed by atoms with E-state index in [1.807, 2.05) is 0 Å². The molecule has 2 N–H and O–H groups in total. The monoisotopic (exact) mass is 342 g/mol. The van der Waals surface area contributed by atoms with Gasteiger partial charge in [0.25, 0.3) is 5.91 Å². The van der Waals surface area contributed by atoms with Crippen LogP contribution in [0.4, 0.5) is 0 Å². The Bertz CT molecular complexity index is 617. The van der Waals surface area contributed by atoms with E-state index in [1.165, 1.54) is 6.08 Å². The molecule has 5 nitrogen and oxygen atoms in total. The zero-order chi connectivity index (χ0) is 16.1. The van der Waals surface area contributed by atoms with Gasteiger partial charge in [-0.05, 0) is 38.0 Å². The number of benzene rings is 1.